The maximum Gasteiger partial charge on any atom is 0.174 e. The second-order valence-corrected chi connectivity index (χ2v) is 7.26. The summed E-state index contributed by atoms with van der Waals surface area (Å²) in [5, 5.41) is 7.22. The smallest absolute Gasteiger partial charge is 0.174 e. The van der Waals surface area contributed by atoms with Gasteiger partial charge in [0, 0.05) is 20.8 Å². The molecule has 2 aromatic carbocycles. The maximum atomic E-state index is 13.0. The second-order valence-electron chi connectivity index (χ2n) is 5.50. The lowest BCUT2D eigenvalue weighted by atomic mass is 9.83. The SMILES string of the molecule is C=C1NC(=S)N[C@H](c2ccc(Br)cc2)[C@@H]1C(=O)c1ccc(Cl)cc1. The molecule has 1 aliphatic rings. The quantitative estimate of drug-likeness (QED) is 0.560. The molecule has 1 fully saturated rings. The molecule has 3 rings (SSSR count). The first-order valence-electron chi connectivity index (χ1n) is 7.27. The van der Waals surface area contributed by atoms with Gasteiger partial charge in [0.05, 0.1) is 12.0 Å². The van der Waals surface area contributed by atoms with Crippen LogP contribution in [-0.4, -0.2) is 10.9 Å². The summed E-state index contributed by atoms with van der Waals surface area (Å²) in [7, 11) is 0. The molecule has 0 radical (unpaired) electrons. The summed E-state index contributed by atoms with van der Waals surface area (Å²) in [5.74, 6) is -0.508. The zero-order valence-corrected chi connectivity index (χ0v) is 15.7. The molecule has 0 spiro atoms. The van der Waals surface area contributed by atoms with Crippen molar-refractivity contribution >= 4 is 50.6 Å². The number of hydrogen-bond acceptors (Lipinski definition) is 2. The fourth-order valence-electron chi connectivity index (χ4n) is 2.73. The number of carbonyl (C=O) groups is 1. The van der Waals surface area contributed by atoms with E-state index in [0.717, 1.165) is 10.0 Å². The first-order chi connectivity index (χ1) is 11.5. The summed E-state index contributed by atoms with van der Waals surface area (Å²) in [4.78, 5) is 13.0. The van der Waals surface area contributed by atoms with Crippen LogP contribution in [0.1, 0.15) is 22.0 Å². The minimum atomic E-state index is -0.473. The number of halogens is 2. The van der Waals surface area contributed by atoms with Gasteiger partial charge in [-0.1, -0.05) is 46.2 Å². The van der Waals surface area contributed by atoms with Crippen LogP contribution in [0.3, 0.4) is 0 Å². The third-order valence-electron chi connectivity index (χ3n) is 3.91. The van der Waals surface area contributed by atoms with Gasteiger partial charge in [-0.25, -0.2) is 0 Å². The number of thiocarbonyl (C=S) groups is 1. The van der Waals surface area contributed by atoms with Crippen molar-refractivity contribution in [2.45, 2.75) is 6.04 Å². The largest absolute Gasteiger partial charge is 0.355 e. The Morgan fingerprint density at radius 3 is 2.38 bits per heavy atom. The maximum absolute atomic E-state index is 13.0. The minimum absolute atomic E-state index is 0.0351. The number of carbonyl (C=O) groups excluding carboxylic acids is 1. The Morgan fingerprint density at radius 1 is 1.12 bits per heavy atom. The van der Waals surface area contributed by atoms with Gasteiger partial charge >= 0.3 is 0 Å². The minimum Gasteiger partial charge on any atom is -0.355 e. The standard InChI is InChI=1S/C18H14BrClN2OS/c1-10-15(17(23)12-4-8-14(20)9-5-12)16(22-18(24)21-10)11-2-6-13(19)7-3-11/h2-9,15-16H,1H2,(H2,21,22,24)/t15-,16-/m1/s1. The number of rotatable bonds is 3. The van der Waals surface area contributed by atoms with Gasteiger partial charge in [0.2, 0.25) is 0 Å². The summed E-state index contributed by atoms with van der Waals surface area (Å²) in [6.07, 6.45) is 0. The van der Waals surface area contributed by atoms with Crippen LogP contribution in [-0.2, 0) is 0 Å². The van der Waals surface area contributed by atoms with Gasteiger partial charge in [0.1, 0.15) is 0 Å². The highest BCUT2D eigenvalue weighted by atomic mass is 79.9. The van der Waals surface area contributed by atoms with E-state index in [-0.39, 0.29) is 11.8 Å². The predicted molar refractivity (Wildman–Crippen MR) is 104 cm³/mol. The molecule has 2 atom stereocenters. The molecule has 0 amide bonds. The molecular weight excluding hydrogens is 408 g/mol. The van der Waals surface area contributed by atoms with Gasteiger partial charge < -0.3 is 10.6 Å². The van der Waals surface area contributed by atoms with Crippen molar-refractivity contribution in [2.24, 2.45) is 5.92 Å². The van der Waals surface area contributed by atoms with Crippen LogP contribution in [0.2, 0.25) is 5.02 Å². The molecule has 0 unspecified atom stereocenters. The highest BCUT2D eigenvalue weighted by Gasteiger charge is 2.36. The number of hydrogen-bond donors (Lipinski definition) is 2. The van der Waals surface area contributed by atoms with E-state index in [1.165, 1.54) is 0 Å². The molecule has 6 heteroatoms. The highest BCUT2D eigenvalue weighted by molar-refractivity contribution is 9.10. The predicted octanol–water partition coefficient (Wildman–Crippen LogP) is 4.63. The first-order valence-corrected chi connectivity index (χ1v) is 8.85. The lowest BCUT2D eigenvalue weighted by Crippen LogP contribution is -2.50. The van der Waals surface area contributed by atoms with E-state index < -0.39 is 5.92 Å². The summed E-state index contributed by atoms with van der Waals surface area (Å²) in [6.45, 7) is 4.01. The molecule has 0 bridgehead atoms. The van der Waals surface area contributed by atoms with Crippen LogP contribution in [0.15, 0.2) is 65.3 Å². The fraction of sp³-hybridized carbons (Fsp3) is 0.111. The Kier molecular flexibility index (Phi) is 5.04. The lowest BCUT2D eigenvalue weighted by molar-refractivity contribution is 0.0912. The number of benzene rings is 2. The molecular formula is C18H14BrClN2OS. The molecule has 1 heterocycles. The van der Waals surface area contributed by atoms with Crippen LogP contribution in [0.25, 0.3) is 0 Å². The third kappa shape index (κ3) is 3.53. The number of ketones is 1. The normalized spacial score (nSPS) is 20.2. The van der Waals surface area contributed by atoms with Gasteiger partial charge in [-0.3, -0.25) is 4.79 Å². The summed E-state index contributed by atoms with van der Waals surface area (Å²) in [6, 6.07) is 14.4. The summed E-state index contributed by atoms with van der Waals surface area (Å²) < 4.78 is 0.974. The number of nitrogens with one attached hydrogen (secondary N) is 2. The van der Waals surface area contributed by atoms with E-state index in [2.05, 4.69) is 33.1 Å². The molecule has 122 valence electrons. The van der Waals surface area contributed by atoms with E-state index >= 15 is 0 Å². The average molecular weight is 422 g/mol. The number of Topliss-reactive ketones (excluding diaryl/α,β-unsaturated/α-hetero) is 1. The van der Waals surface area contributed by atoms with E-state index in [1.807, 2.05) is 24.3 Å². The van der Waals surface area contributed by atoms with Crippen molar-refractivity contribution in [1.82, 2.24) is 10.6 Å². The summed E-state index contributed by atoms with van der Waals surface area (Å²) in [5.41, 5.74) is 2.14. The van der Waals surface area contributed by atoms with Gasteiger partial charge in [0.25, 0.3) is 0 Å². The molecule has 24 heavy (non-hydrogen) atoms. The fourth-order valence-corrected chi connectivity index (χ4v) is 3.38. The van der Waals surface area contributed by atoms with Gasteiger partial charge in [-0.05, 0) is 54.2 Å². The van der Waals surface area contributed by atoms with Crippen molar-refractivity contribution in [3.63, 3.8) is 0 Å². The molecule has 1 saturated heterocycles. The average Bonchev–Trinajstić information content (AvgIpc) is 2.55. The molecule has 0 saturated carbocycles. The van der Waals surface area contributed by atoms with Crippen molar-refractivity contribution in [2.75, 3.05) is 0 Å². The van der Waals surface area contributed by atoms with E-state index in [9.17, 15) is 4.79 Å². The Bertz CT molecular complexity index is 805. The van der Waals surface area contributed by atoms with Gasteiger partial charge in [-0.15, -0.1) is 0 Å². The van der Waals surface area contributed by atoms with Crippen molar-refractivity contribution in [1.29, 1.82) is 0 Å². The van der Waals surface area contributed by atoms with Crippen LogP contribution in [0, 0.1) is 5.92 Å². The van der Waals surface area contributed by atoms with Crippen molar-refractivity contribution in [3.8, 4) is 0 Å². The first kappa shape index (κ1) is 17.1. The van der Waals surface area contributed by atoms with E-state index in [4.69, 9.17) is 23.8 Å². The molecule has 2 aromatic rings. The Hall–Kier alpha value is -1.69. The Balaban J connectivity index is 1.98. The highest BCUT2D eigenvalue weighted by Crippen LogP contribution is 2.33. The zero-order chi connectivity index (χ0) is 17.3. The molecule has 2 N–H and O–H groups in total. The van der Waals surface area contributed by atoms with Gasteiger partial charge in [-0.2, -0.15) is 0 Å². The molecule has 0 aromatic heterocycles. The van der Waals surface area contributed by atoms with Crippen molar-refractivity contribution < 1.29 is 4.79 Å². The lowest BCUT2D eigenvalue weighted by Gasteiger charge is -2.35. The topological polar surface area (TPSA) is 41.1 Å². The third-order valence-corrected chi connectivity index (χ3v) is 4.91. The van der Waals surface area contributed by atoms with E-state index in [1.54, 1.807) is 24.3 Å². The van der Waals surface area contributed by atoms with Gasteiger partial charge in [0.15, 0.2) is 10.9 Å². The van der Waals surface area contributed by atoms with Crippen LogP contribution < -0.4 is 10.6 Å². The molecule has 3 nitrogen and oxygen atoms in total. The van der Waals surface area contributed by atoms with Crippen LogP contribution in [0.4, 0.5) is 0 Å². The van der Waals surface area contributed by atoms with Crippen LogP contribution in [0.5, 0.6) is 0 Å². The van der Waals surface area contributed by atoms with Crippen LogP contribution >= 0.6 is 39.7 Å². The zero-order valence-electron chi connectivity index (χ0n) is 12.6. The van der Waals surface area contributed by atoms with E-state index in [0.29, 0.717) is 21.4 Å². The molecule has 0 aliphatic carbocycles. The Labute approximate surface area is 159 Å². The molecule has 1 aliphatic heterocycles. The summed E-state index contributed by atoms with van der Waals surface area (Å²) >= 11 is 14.6. The van der Waals surface area contributed by atoms with Crippen molar-refractivity contribution in [3.05, 3.63) is 81.4 Å². The second kappa shape index (κ2) is 7.05. The monoisotopic (exact) mass is 420 g/mol. The Morgan fingerprint density at radius 2 is 1.75 bits per heavy atom.